The molecule has 1 fully saturated rings. The van der Waals surface area contributed by atoms with Crippen molar-refractivity contribution in [2.24, 2.45) is 28.0 Å². The van der Waals surface area contributed by atoms with Crippen molar-refractivity contribution < 1.29 is 0 Å². The van der Waals surface area contributed by atoms with Crippen molar-refractivity contribution in [3.05, 3.63) is 83.9 Å². The van der Waals surface area contributed by atoms with Crippen LogP contribution in [0.1, 0.15) is 101 Å². The summed E-state index contributed by atoms with van der Waals surface area (Å²) in [4.78, 5) is 0. The van der Waals surface area contributed by atoms with Crippen molar-refractivity contribution in [2.45, 2.75) is 90.9 Å². The first-order chi connectivity index (χ1) is 17.2. The second-order valence-corrected chi connectivity index (χ2v) is 10.3. The van der Waals surface area contributed by atoms with Crippen LogP contribution in [0.3, 0.4) is 0 Å². The number of aryl methyl sites for hydroxylation is 1. The molecule has 0 N–H and O–H groups in total. The molecule has 0 amide bonds. The molecule has 0 atom stereocenters. The van der Waals surface area contributed by atoms with E-state index in [1.165, 1.54) is 81.0 Å². The molecule has 0 aromatic heterocycles. The summed E-state index contributed by atoms with van der Waals surface area (Å²) in [5.74, 6) is 2.31. The molecule has 0 radical (unpaired) electrons. The minimum absolute atomic E-state index is 0.507. The molecule has 188 valence electrons. The average molecular weight is 471 g/mol. The summed E-state index contributed by atoms with van der Waals surface area (Å²) in [5, 5.41) is 9.40. The first-order valence-electron chi connectivity index (χ1n) is 14.1. The predicted octanol–water partition coefficient (Wildman–Crippen LogP) is 9.43. The molecule has 0 saturated heterocycles. The van der Waals surface area contributed by atoms with Crippen molar-refractivity contribution in [2.75, 3.05) is 0 Å². The van der Waals surface area contributed by atoms with Crippen LogP contribution >= 0.6 is 0 Å². The summed E-state index contributed by atoms with van der Waals surface area (Å²) < 4.78 is 0. The first kappa shape index (κ1) is 27.1. The molecule has 0 heterocycles. The SMILES string of the molecule is C=CCCCCc1ccc(C=NN=C(c2ccccc2)[C@H]2CC[C@H](C(CCC)CCC)CC2)cc1. The van der Waals surface area contributed by atoms with Crippen LogP contribution in [0.15, 0.2) is 77.5 Å². The van der Waals surface area contributed by atoms with Crippen LogP contribution in [0, 0.1) is 17.8 Å². The maximum atomic E-state index is 4.82. The van der Waals surface area contributed by atoms with Gasteiger partial charge in [-0.1, -0.05) is 100 Å². The van der Waals surface area contributed by atoms with E-state index in [1.54, 1.807) is 0 Å². The van der Waals surface area contributed by atoms with Gasteiger partial charge in [0.1, 0.15) is 0 Å². The minimum Gasteiger partial charge on any atom is -0.158 e. The van der Waals surface area contributed by atoms with Gasteiger partial charge in [0.25, 0.3) is 0 Å². The van der Waals surface area contributed by atoms with E-state index >= 15 is 0 Å². The van der Waals surface area contributed by atoms with Gasteiger partial charge < -0.3 is 0 Å². The normalized spacial score (nSPS) is 18.9. The largest absolute Gasteiger partial charge is 0.158 e. The Balaban J connectivity index is 1.65. The Hall–Kier alpha value is -2.48. The van der Waals surface area contributed by atoms with E-state index in [4.69, 9.17) is 5.10 Å². The Morgan fingerprint density at radius 2 is 1.60 bits per heavy atom. The van der Waals surface area contributed by atoms with Crippen LogP contribution in [0.25, 0.3) is 0 Å². The van der Waals surface area contributed by atoms with Gasteiger partial charge in [0.2, 0.25) is 0 Å². The summed E-state index contributed by atoms with van der Waals surface area (Å²) in [6.07, 6.45) is 19.1. The molecule has 2 aromatic carbocycles. The first-order valence-corrected chi connectivity index (χ1v) is 14.1. The Morgan fingerprint density at radius 1 is 0.914 bits per heavy atom. The van der Waals surface area contributed by atoms with E-state index in [1.807, 2.05) is 12.3 Å². The molecule has 2 nitrogen and oxygen atoms in total. The van der Waals surface area contributed by atoms with Crippen molar-refractivity contribution in [3.8, 4) is 0 Å². The van der Waals surface area contributed by atoms with Gasteiger partial charge in [0, 0.05) is 5.92 Å². The van der Waals surface area contributed by atoms with E-state index in [-0.39, 0.29) is 0 Å². The zero-order valence-electron chi connectivity index (χ0n) is 22.2. The molecule has 0 unspecified atom stereocenters. The van der Waals surface area contributed by atoms with Crippen LogP contribution in [0.5, 0.6) is 0 Å². The average Bonchev–Trinajstić information content (AvgIpc) is 2.90. The molecule has 2 aromatic rings. The molecule has 0 bridgehead atoms. The molecular formula is C33H46N2. The quantitative estimate of drug-likeness (QED) is 0.114. The highest BCUT2D eigenvalue weighted by Gasteiger charge is 2.29. The van der Waals surface area contributed by atoms with E-state index in [0.29, 0.717) is 5.92 Å². The van der Waals surface area contributed by atoms with Gasteiger partial charge in [-0.25, -0.2) is 0 Å². The van der Waals surface area contributed by atoms with Crippen molar-refractivity contribution in [3.63, 3.8) is 0 Å². The topological polar surface area (TPSA) is 24.7 Å². The zero-order chi connectivity index (χ0) is 24.7. The fourth-order valence-electron chi connectivity index (χ4n) is 5.75. The fraction of sp³-hybridized carbons (Fsp3) is 0.515. The van der Waals surface area contributed by atoms with E-state index < -0.39 is 0 Å². The highest BCUT2D eigenvalue weighted by atomic mass is 15.2. The van der Waals surface area contributed by atoms with Gasteiger partial charge in [0.05, 0.1) is 11.9 Å². The number of benzene rings is 2. The molecule has 0 spiro atoms. The number of allylic oxidation sites excluding steroid dienone is 1. The third kappa shape index (κ3) is 8.91. The Morgan fingerprint density at radius 3 is 2.23 bits per heavy atom. The molecule has 0 aliphatic heterocycles. The van der Waals surface area contributed by atoms with Gasteiger partial charge >= 0.3 is 0 Å². The maximum absolute atomic E-state index is 4.82. The number of nitrogens with zero attached hydrogens (tertiary/aromatic N) is 2. The lowest BCUT2D eigenvalue weighted by Gasteiger charge is -2.34. The molecule has 35 heavy (non-hydrogen) atoms. The summed E-state index contributed by atoms with van der Waals surface area (Å²) in [5.41, 5.74) is 4.89. The summed E-state index contributed by atoms with van der Waals surface area (Å²) in [6, 6.07) is 19.5. The lowest BCUT2D eigenvalue weighted by molar-refractivity contribution is 0.206. The Kier molecular flexibility index (Phi) is 12.0. The van der Waals surface area contributed by atoms with Crippen LogP contribution in [0.2, 0.25) is 0 Å². The Bertz CT molecular complexity index is 896. The third-order valence-electron chi connectivity index (χ3n) is 7.69. The smallest absolute Gasteiger partial charge is 0.0733 e. The van der Waals surface area contributed by atoms with Crippen molar-refractivity contribution in [1.82, 2.24) is 0 Å². The van der Waals surface area contributed by atoms with Crippen LogP contribution in [-0.4, -0.2) is 11.9 Å². The molecule has 1 saturated carbocycles. The second-order valence-electron chi connectivity index (χ2n) is 10.3. The highest BCUT2D eigenvalue weighted by Crippen LogP contribution is 2.38. The summed E-state index contributed by atoms with van der Waals surface area (Å²) in [6.45, 7) is 8.48. The van der Waals surface area contributed by atoms with Gasteiger partial charge in [-0.3, -0.25) is 0 Å². The minimum atomic E-state index is 0.507. The monoisotopic (exact) mass is 470 g/mol. The van der Waals surface area contributed by atoms with E-state index in [2.05, 4.69) is 80.1 Å². The number of hydrogen-bond donors (Lipinski definition) is 0. The predicted molar refractivity (Wildman–Crippen MR) is 154 cm³/mol. The van der Waals surface area contributed by atoms with E-state index in [0.717, 1.165) is 30.2 Å². The summed E-state index contributed by atoms with van der Waals surface area (Å²) in [7, 11) is 0. The van der Waals surface area contributed by atoms with Crippen molar-refractivity contribution in [1.29, 1.82) is 0 Å². The standard InChI is InChI=1S/C33H46N2/c1-4-7-8-10-15-27-18-20-28(21-19-27)26-34-35-33(31-16-11-9-12-17-31)32-24-22-30(23-25-32)29(13-5-2)14-6-3/h4,9,11-12,16-21,26,29-30,32H,1,5-8,10,13-15,22-25H2,2-3H3/t30-,32-. The third-order valence-corrected chi connectivity index (χ3v) is 7.69. The molecule has 1 aliphatic carbocycles. The Labute approximate surface area is 214 Å². The van der Waals surface area contributed by atoms with Crippen LogP contribution < -0.4 is 0 Å². The highest BCUT2D eigenvalue weighted by molar-refractivity contribution is 6.02. The van der Waals surface area contributed by atoms with Crippen LogP contribution in [0.4, 0.5) is 0 Å². The number of unbranched alkanes of at least 4 members (excludes halogenated alkanes) is 2. The van der Waals surface area contributed by atoms with E-state index in [9.17, 15) is 0 Å². The lowest BCUT2D eigenvalue weighted by atomic mass is 9.71. The number of hydrogen-bond acceptors (Lipinski definition) is 2. The molecule has 1 aliphatic rings. The second kappa shape index (κ2) is 15.5. The number of rotatable bonds is 14. The van der Waals surface area contributed by atoms with Crippen molar-refractivity contribution >= 4 is 11.9 Å². The van der Waals surface area contributed by atoms with Gasteiger partial charge in [-0.15, -0.1) is 6.58 Å². The molecule has 2 heteroatoms. The van der Waals surface area contributed by atoms with Gasteiger partial charge in [-0.05, 0) is 79.9 Å². The van der Waals surface area contributed by atoms with Crippen LogP contribution in [-0.2, 0) is 6.42 Å². The van der Waals surface area contributed by atoms with Gasteiger partial charge in [0.15, 0.2) is 0 Å². The maximum Gasteiger partial charge on any atom is 0.0733 e. The fourth-order valence-corrected chi connectivity index (χ4v) is 5.75. The molecular weight excluding hydrogens is 424 g/mol. The zero-order valence-corrected chi connectivity index (χ0v) is 22.2. The molecule has 3 rings (SSSR count). The summed E-state index contributed by atoms with van der Waals surface area (Å²) >= 11 is 0. The van der Waals surface area contributed by atoms with Gasteiger partial charge in [-0.2, -0.15) is 10.2 Å². The lowest BCUT2D eigenvalue weighted by Crippen LogP contribution is -2.26.